The average molecular weight is 434 g/mol. The van der Waals surface area contributed by atoms with Gasteiger partial charge in [-0.3, -0.25) is 14.7 Å². The second-order valence-electron chi connectivity index (χ2n) is 6.77. The highest BCUT2D eigenvalue weighted by molar-refractivity contribution is 9.10. The van der Waals surface area contributed by atoms with Crippen molar-refractivity contribution in [2.24, 2.45) is 0 Å². The molecule has 3 aromatic rings. The summed E-state index contributed by atoms with van der Waals surface area (Å²) in [6, 6.07) is 17.7. The molecule has 1 aromatic heterocycles. The molecule has 0 saturated carbocycles. The molecule has 0 bridgehead atoms. The van der Waals surface area contributed by atoms with E-state index in [9.17, 15) is 9.90 Å². The number of nitrogens with zero attached hydrogens (tertiary/aromatic N) is 3. The number of aliphatic hydroxyl groups is 1. The molecule has 1 aliphatic rings. The predicted molar refractivity (Wildman–Crippen MR) is 107 cm³/mol. The van der Waals surface area contributed by atoms with Crippen LogP contribution in [0, 0.1) is 18.3 Å². The van der Waals surface area contributed by atoms with Gasteiger partial charge in [-0.1, -0.05) is 40.2 Å². The molecule has 5 nitrogen and oxygen atoms in total. The van der Waals surface area contributed by atoms with Crippen molar-refractivity contribution in [3.8, 4) is 6.07 Å². The molecular weight excluding hydrogens is 418 g/mol. The molecule has 0 saturated heterocycles. The summed E-state index contributed by atoms with van der Waals surface area (Å²) in [5, 5.41) is 20.9. The molecule has 0 radical (unpaired) electrons. The highest BCUT2D eigenvalue weighted by Gasteiger charge is 2.50. The van der Waals surface area contributed by atoms with Crippen LogP contribution in [0.1, 0.15) is 38.3 Å². The molecule has 1 unspecified atom stereocenters. The van der Waals surface area contributed by atoms with Gasteiger partial charge in [0.2, 0.25) is 0 Å². The molecule has 28 heavy (non-hydrogen) atoms. The third kappa shape index (κ3) is 2.89. The number of aromatic nitrogens is 1. The molecule has 6 heteroatoms. The average Bonchev–Trinajstić information content (AvgIpc) is 2.92. The third-order valence-electron chi connectivity index (χ3n) is 4.93. The molecule has 1 amide bonds. The quantitative estimate of drug-likeness (QED) is 0.679. The van der Waals surface area contributed by atoms with Crippen LogP contribution in [0.2, 0.25) is 0 Å². The molecule has 2 heterocycles. The summed E-state index contributed by atoms with van der Waals surface area (Å²) >= 11 is 3.40. The van der Waals surface area contributed by atoms with Crippen LogP contribution in [0.15, 0.2) is 65.3 Å². The van der Waals surface area contributed by atoms with Gasteiger partial charge in [0, 0.05) is 27.4 Å². The molecule has 1 atom stereocenters. The zero-order valence-electron chi connectivity index (χ0n) is 15.1. The summed E-state index contributed by atoms with van der Waals surface area (Å²) in [4.78, 5) is 19.0. The van der Waals surface area contributed by atoms with Gasteiger partial charge in [-0.05, 0) is 42.8 Å². The number of amides is 1. The van der Waals surface area contributed by atoms with Gasteiger partial charge < -0.3 is 5.11 Å². The Morgan fingerprint density at radius 1 is 1.18 bits per heavy atom. The van der Waals surface area contributed by atoms with Gasteiger partial charge in [-0.25, -0.2) is 0 Å². The van der Waals surface area contributed by atoms with E-state index in [4.69, 9.17) is 5.26 Å². The topological polar surface area (TPSA) is 77.2 Å². The molecule has 0 aliphatic carbocycles. The van der Waals surface area contributed by atoms with Gasteiger partial charge in [0.05, 0.1) is 23.9 Å². The number of aryl methyl sites for hydroxylation is 1. The first-order valence-electron chi connectivity index (χ1n) is 8.70. The smallest absolute Gasteiger partial charge is 0.257 e. The lowest BCUT2D eigenvalue weighted by Crippen LogP contribution is -2.44. The predicted octanol–water partition coefficient (Wildman–Crippen LogP) is 3.87. The third-order valence-corrected chi connectivity index (χ3v) is 5.43. The van der Waals surface area contributed by atoms with Crippen molar-refractivity contribution < 1.29 is 9.90 Å². The minimum absolute atomic E-state index is 0.155. The van der Waals surface area contributed by atoms with Crippen LogP contribution in [0.4, 0.5) is 0 Å². The SMILES string of the molecule is Cc1ccc(CN2C(=O)c3cc(Br)ccc3C2(O)c2ccc(C#N)cc2)nc1. The number of halogens is 1. The zero-order chi connectivity index (χ0) is 19.9. The number of pyridine rings is 1. The van der Waals surface area contributed by atoms with Crippen LogP contribution in [0.5, 0.6) is 0 Å². The van der Waals surface area contributed by atoms with E-state index in [0.29, 0.717) is 27.9 Å². The highest BCUT2D eigenvalue weighted by Crippen LogP contribution is 2.43. The van der Waals surface area contributed by atoms with Crippen LogP contribution < -0.4 is 0 Å². The summed E-state index contributed by atoms with van der Waals surface area (Å²) in [6.07, 6.45) is 1.74. The Morgan fingerprint density at radius 2 is 1.93 bits per heavy atom. The molecule has 138 valence electrons. The molecule has 2 aromatic carbocycles. The number of hydrogen-bond acceptors (Lipinski definition) is 4. The van der Waals surface area contributed by atoms with Crippen molar-refractivity contribution in [1.29, 1.82) is 5.26 Å². The van der Waals surface area contributed by atoms with Crippen molar-refractivity contribution >= 4 is 21.8 Å². The van der Waals surface area contributed by atoms with Crippen molar-refractivity contribution in [3.05, 3.63) is 98.8 Å². The Kier molecular flexibility index (Phi) is 4.50. The Bertz CT molecular complexity index is 1100. The van der Waals surface area contributed by atoms with E-state index in [1.54, 1.807) is 48.7 Å². The van der Waals surface area contributed by atoms with Crippen LogP contribution in [0.25, 0.3) is 0 Å². The monoisotopic (exact) mass is 433 g/mol. The minimum Gasteiger partial charge on any atom is -0.363 e. The Hall–Kier alpha value is -3.01. The fourth-order valence-electron chi connectivity index (χ4n) is 3.46. The number of nitriles is 1. The Balaban J connectivity index is 1.86. The van der Waals surface area contributed by atoms with E-state index >= 15 is 0 Å². The molecule has 1 N–H and O–H groups in total. The van der Waals surface area contributed by atoms with Gasteiger partial charge in [-0.15, -0.1) is 0 Å². The number of carbonyl (C=O) groups is 1. The second-order valence-corrected chi connectivity index (χ2v) is 7.69. The van der Waals surface area contributed by atoms with E-state index < -0.39 is 5.72 Å². The number of hydrogen-bond donors (Lipinski definition) is 1. The fourth-order valence-corrected chi connectivity index (χ4v) is 3.82. The van der Waals surface area contributed by atoms with Crippen LogP contribution in [-0.2, 0) is 12.3 Å². The Morgan fingerprint density at radius 3 is 2.57 bits per heavy atom. The number of benzene rings is 2. The lowest BCUT2D eigenvalue weighted by molar-refractivity contribution is -0.0547. The lowest BCUT2D eigenvalue weighted by Gasteiger charge is -2.34. The summed E-state index contributed by atoms with van der Waals surface area (Å²) in [5.41, 5.74) is 2.01. The van der Waals surface area contributed by atoms with E-state index in [-0.39, 0.29) is 12.5 Å². The largest absolute Gasteiger partial charge is 0.363 e. The molecule has 4 rings (SSSR count). The normalized spacial score (nSPS) is 18.1. The van der Waals surface area contributed by atoms with Crippen molar-refractivity contribution in [3.63, 3.8) is 0 Å². The standard InChI is InChI=1S/C22H16BrN3O2/c1-14-2-8-18(25-12-14)13-26-21(27)19-10-17(23)7-9-20(19)22(26,28)16-5-3-15(11-24)4-6-16/h2-10,12,28H,13H2,1H3. The van der Waals surface area contributed by atoms with E-state index in [1.807, 2.05) is 19.1 Å². The maximum absolute atomic E-state index is 13.2. The summed E-state index contributed by atoms with van der Waals surface area (Å²) in [6.45, 7) is 2.10. The van der Waals surface area contributed by atoms with Gasteiger partial charge in [0.15, 0.2) is 5.72 Å². The first-order valence-corrected chi connectivity index (χ1v) is 9.49. The van der Waals surface area contributed by atoms with Crippen LogP contribution >= 0.6 is 15.9 Å². The zero-order valence-corrected chi connectivity index (χ0v) is 16.6. The van der Waals surface area contributed by atoms with Crippen molar-refractivity contribution in [1.82, 2.24) is 9.88 Å². The first kappa shape index (κ1) is 18.4. The van der Waals surface area contributed by atoms with Gasteiger partial charge in [0.25, 0.3) is 5.91 Å². The maximum atomic E-state index is 13.2. The van der Waals surface area contributed by atoms with Crippen LogP contribution in [-0.4, -0.2) is 20.9 Å². The summed E-state index contributed by atoms with van der Waals surface area (Å²) in [7, 11) is 0. The van der Waals surface area contributed by atoms with Crippen LogP contribution in [0.3, 0.4) is 0 Å². The minimum atomic E-state index is -1.65. The molecular formula is C22H16BrN3O2. The molecule has 1 aliphatic heterocycles. The molecule has 0 fully saturated rings. The van der Waals surface area contributed by atoms with Crippen molar-refractivity contribution in [2.75, 3.05) is 0 Å². The van der Waals surface area contributed by atoms with Gasteiger partial charge in [-0.2, -0.15) is 5.26 Å². The number of rotatable bonds is 3. The van der Waals surface area contributed by atoms with Gasteiger partial charge >= 0.3 is 0 Å². The second kappa shape index (κ2) is 6.86. The van der Waals surface area contributed by atoms with Crippen molar-refractivity contribution in [2.45, 2.75) is 19.2 Å². The van der Waals surface area contributed by atoms with E-state index in [2.05, 4.69) is 27.0 Å². The lowest BCUT2D eigenvalue weighted by atomic mass is 9.93. The highest BCUT2D eigenvalue weighted by atomic mass is 79.9. The number of carbonyl (C=O) groups excluding carboxylic acids is 1. The number of fused-ring (bicyclic) bond motifs is 1. The van der Waals surface area contributed by atoms with E-state index in [1.165, 1.54) is 4.90 Å². The Labute approximate surface area is 171 Å². The van der Waals surface area contributed by atoms with Gasteiger partial charge in [0.1, 0.15) is 0 Å². The first-order chi connectivity index (χ1) is 13.4. The van der Waals surface area contributed by atoms with E-state index in [0.717, 1.165) is 10.0 Å². The summed E-state index contributed by atoms with van der Waals surface area (Å²) in [5.74, 6) is -0.273. The maximum Gasteiger partial charge on any atom is 0.257 e. The summed E-state index contributed by atoms with van der Waals surface area (Å²) < 4.78 is 0.761. The fraction of sp³-hybridized carbons (Fsp3) is 0.136. The molecule has 0 spiro atoms.